The van der Waals surface area contributed by atoms with Gasteiger partial charge in [0.1, 0.15) is 10.5 Å². The molecule has 0 amide bonds. The lowest BCUT2D eigenvalue weighted by Gasteiger charge is -2.12. The summed E-state index contributed by atoms with van der Waals surface area (Å²) in [4.78, 5) is 12.9. The zero-order chi connectivity index (χ0) is 12.7. The van der Waals surface area contributed by atoms with Crippen molar-refractivity contribution in [3.63, 3.8) is 0 Å². The molecular formula is C11H15Cl2N5S. The van der Waals surface area contributed by atoms with Crippen LogP contribution in [0.4, 0.5) is 0 Å². The van der Waals surface area contributed by atoms with Gasteiger partial charge in [-0.05, 0) is 37.1 Å². The van der Waals surface area contributed by atoms with Crippen molar-refractivity contribution in [2.24, 2.45) is 5.73 Å². The Morgan fingerprint density at radius 2 is 2.21 bits per heavy atom. The highest BCUT2D eigenvalue weighted by Gasteiger charge is 2.25. The first-order valence-electron chi connectivity index (χ1n) is 5.88. The van der Waals surface area contributed by atoms with E-state index in [2.05, 4.69) is 19.5 Å². The molecule has 2 aromatic rings. The second-order valence-electron chi connectivity index (χ2n) is 4.55. The smallest absolute Gasteiger partial charge is 0.225 e. The summed E-state index contributed by atoms with van der Waals surface area (Å²) in [6, 6.07) is 0.662. The number of thioether (sulfide) groups is 1. The summed E-state index contributed by atoms with van der Waals surface area (Å²) < 4.78 is 2.09. The number of nitrogens with two attached hydrogens (primary N) is 1. The van der Waals surface area contributed by atoms with E-state index < -0.39 is 0 Å². The van der Waals surface area contributed by atoms with E-state index in [4.69, 9.17) is 17.3 Å². The Balaban J connectivity index is 0.00000133. The molecule has 1 aliphatic carbocycles. The Morgan fingerprint density at radius 3 is 2.84 bits per heavy atom. The summed E-state index contributed by atoms with van der Waals surface area (Å²) in [7, 11) is 0. The van der Waals surface area contributed by atoms with Crippen molar-refractivity contribution >= 4 is 46.9 Å². The van der Waals surface area contributed by atoms with Gasteiger partial charge < -0.3 is 10.3 Å². The number of hydrogen-bond acceptors (Lipinski definition) is 5. The lowest BCUT2D eigenvalue weighted by molar-refractivity contribution is 0.519. The number of aromatic nitrogens is 4. The maximum atomic E-state index is 5.97. The fourth-order valence-corrected chi connectivity index (χ4v) is 3.25. The van der Waals surface area contributed by atoms with Crippen LogP contribution in [0, 0.1) is 0 Å². The second-order valence-corrected chi connectivity index (χ2v) is 5.69. The molecule has 3 rings (SSSR count). The van der Waals surface area contributed by atoms with Crippen LogP contribution in [0.3, 0.4) is 0 Å². The van der Waals surface area contributed by atoms with Crippen molar-refractivity contribution in [2.75, 3.05) is 6.26 Å². The van der Waals surface area contributed by atoms with Gasteiger partial charge in [0.2, 0.25) is 5.28 Å². The molecule has 19 heavy (non-hydrogen) atoms. The van der Waals surface area contributed by atoms with Crippen molar-refractivity contribution < 1.29 is 0 Å². The molecule has 2 atom stereocenters. The van der Waals surface area contributed by atoms with Gasteiger partial charge in [-0.2, -0.15) is 4.98 Å². The molecule has 1 fully saturated rings. The van der Waals surface area contributed by atoms with Crippen LogP contribution in [0.5, 0.6) is 0 Å². The van der Waals surface area contributed by atoms with E-state index in [9.17, 15) is 0 Å². The largest absolute Gasteiger partial charge is 0.328 e. The number of rotatable bonds is 2. The molecule has 1 saturated carbocycles. The van der Waals surface area contributed by atoms with Gasteiger partial charge in [0.15, 0.2) is 5.65 Å². The molecule has 5 nitrogen and oxygen atoms in total. The quantitative estimate of drug-likeness (QED) is 0.523. The molecule has 104 valence electrons. The standard InChI is InChI=1S/C11H14ClN5S.ClH/c1-18-10-8-9(15-11(12)16-10)17(5-14-8)7-3-2-6(13)4-7;/h5-7H,2-4,13H2,1H3;1H/t6-,7+;/m0./s1. The summed E-state index contributed by atoms with van der Waals surface area (Å²) in [5, 5.41) is 1.10. The van der Waals surface area contributed by atoms with Crippen LogP contribution >= 0.6 is 35.8 Å². The maximum Gasteiger partial charge on any atom is 0.225 e. The molecule has 1 aliphatic rings. The third-order valence-corrected chi connectivity index (χ3v) is 4.23. The monoisotopic (exact) mass is 319 g/mol. The van der Waals surface area contributed by atoms with E-state index >= 15 is 0 Å². The SMILES string of the molecule is CSc1nc(Cl)nc2c1ncn2[C@@H]1CC[C@H](N)C1.Cl. The van der Waals surface area contributed by atoms with Gasteiger partial charge in [-0.25, -0.2) is 9.97 Å². The Bertz CT molecular complexity index is 588. The summed E-state index contributed by atoms with van der Waals surface area (Å²) in [5.41, 5.74) is 7.61. The van der Waals surface area contributed by atoms with Gasteiger partial charge in [0, 0.05) is 12.1 Å². The van der Waals surface area contributed by atoms with Gasteiger partial charge in [-0.1, -0.05) is 0 Å². The van der Waals surface area contributed by atoms with Gasteiger partial charge in [0.25, 0.3) is 0 Å². The van der Waals surface area contributed by atoms with Gasteiger partial charge in [-0.15, -0.1) is 24.2 Å². The lowest BCUT2D eigenvalue weighted by atomic mass is 10.2. The highest BCUT2D eigenvalue weighted by Crippen LogP contribution is 2.32. The zero-order valence-electron chi connectivity index (χ0n) is 10.4. The van der Waals surface area contributed by atoms with E-state index in [0.29, 0.717) is 6.04 Å². The van der Waals surface area contributed by atoms with E-state index in [1.165, 1.54) is 11.8 Å². The summed E-state index contributed by atoms with van der Waals surface area (Å²) in [5.74, 6) is 0. The minimum absolute atomic E-state index is 0. The van der Waals surface area contributed by atoms with Gasteiger partial charge >= 0.3 is 0 Å². The first kappa shape index (κ1) is 14.8. The Hall–Kier alpha value is -0.560. The second kappa shape index (κ2) is 5.83. The average Bonchev–Trinajstić information content (AvgIpc) is 2.93. The molecule has 2 heterocycles. The normalized spacial score (nSPS) is 22.7. The van der Waals surface area contributed by atoms with E-state index in [1.807, 2.05) is 12.6 Å². The van der Waals surface area contributed by atoms with Crippen molar-refractivity contribution in [1.82, 2.24) is 19.5 Å². The molecule has 0 unspecified atom stereocenters. The number of hydrogen-bond donors (Lipinski definition) is 1. The Labute approximate surface area is 126 Å². The molecule has 2 aromatic heterocycles. The maximum absolute atomic E-state index is 5.97. The van der Waals surface area contributed by atoms with Crippen LogP contribution in [0.15, 0.2) is 11.4 Å². The topological polar surface area (TPSA) is 69.6 Å². The lowest BCUT2D eigenvalue weighted by Crippen LogP contribution is -2.15. The zero-order valence-corrected chi connectivity index (χ0v) is 12.8. The van der Waals surface area contributed by atoms with Crippen molar-refractivity contribution in [3.8, 4) is 0 Å². The molecule has 0 radical (unpaired) electrons. The van der Waals surface area contributed by atoms with Crippen molar-refractivity contribution in [1.29, 1.82) is 0 Å². The number of fused-ring (bicyclic) bond motifs is 1. The molecule has 2 N–H and O–H groups in total. The van der Waals surface area contributed by atoms with Crippen LogP contribution in [0.1, 0.15) is 25.3 Å². The number of halogens is 2. The fraction of sp³-hybridized carbons (Fsp3) is 0.545. The summed E-state index contributed by atoms with van der Waals surface area (Å²) >= 11 is 7.50. The Kier molecular flexibility index (Phi) is 4.55. The third kappa shape index (κ3) is 2.67. The van der Waals surface area contributed by atoms with Crippen LogP contribution in [0.25, 0.3) is 11.2 Å². The molecule has 8 heteroatoms. The highest BCUT2D eigenvalue weighted by atomic mass is 35.5. The third-order valence-electron chi connectivity index (χ3n) is 3.39. The predicted octanol–water partition coefficient (Wildman–Crippen LogP) is 2.68. The summed E-state index contributed by atoms with van der Waals surface area (Å²) in [6.07, 6.45) is 6.89. The fourth-order valence-electron chi connectivity index (χ4n) is 2.52. The first-order chi connectivity index (χ1) is 8.69. The Morgan fingerprint density at radius 1 is 1.42 bits per heavy atom. The van der Waals surface area contributed by atoms with Gasteiger partial charge in [-0.3, -0.25) is 0 Å². The molecular weight excluding hydrogens is 305 g/mol. The van der Waals surface area contributed by atoms with E-state index in [1.54, 1.807) is 0 Å². The molecule has 0 aromatic carbocycles. The van der Waals surface area contributed by atoms with Crippen molar-refractivity contribution in [2.45, 2.75) is 36.4 Å². The van der Waals surface area contributed by atoms with E-state index in [0.717, 1.165) is 35.5 Å². The first-order valence-corrected chi connectivity index (χ1v) is 7.49. The van der Waals surface area contributed by atoms with Crippen LogP contribution in [-0.2, 0) is 0 Å². The average molecular weight is 320 g/mol. The van der Waals surface area contributed by atoms with Crippen LogP contribution in [-0.4, -0.2) is 31.8 Å². The highest BCUT2D eigenvalue weighted by molar-refractivity contribution is 7.98. The predicted molar refractivity (Wildman–Crippen MR) is 80.2 cm³/mol. The number of imidazole rings is 1. The van der Waals surface area contributed by atoms with Crippen molar-refractivity contribution in [3.05, 3.63) is 11.6 Å². The number of nitrogens with zero attached hydrogens (tertiary/aromatic N) is 4. The van der Waals surface area contributed by atoms with Crippen LogP contribution in [0.2, 0.25) is 5.28 Å². The summed E-state index contributed by atoms with van der Waals surface area (Å²) in [6.45, 7) is 0. The van der Waals surface area contributed by atoms with Crippen LogP contribution < -0.4 is 5.73 Å². The van der Waals surface area contributed by atoms with Gasteiger partial charge in [0.05, 0.1) is 6.33 Å². The minimum atomic E-state index is 0. The van der Waals surface area contributed by atoms with E-state index in [-0.39, 0.29) is 23.7 Å². The molecule has 0 saturated heterocycles. The molecule has 0 aliphatic heterocycles. The minimum Gasteiger partial charge on any atom is -0.328 e. The molecule has 0 spiro atoms. The molecule has 0 bridgehead atoms.